The van der Waals surface area contributed by atoms with E-state index >= 15 is 0 Å². The Labute approximate surface area is 176 Å². The molecule has 0 aromatic carbocycles. The van der Waals surface area contributed by atoms with Crippen LogP contribution in [0.3, 0.4) is 0 Å². The summed E-state index contributed by atoms with van der Waals surface area (Å²) in [7, 11) is 0. The summed E-state index contributed by atoms with van der Waals surface area (Å²) in [6, 6.07) is -0.954. The molecule has 2 saturated heterocycles. The van der Waals surface area contributed by atoms with Crippen LogP contribution in [0, 0.1) is 0 Å². The predicted molar refractivity (Wildman–Crippen MR) is 103 cm³/mol. The highest BCUT2D eigenvalue weighted by molar-refractivity contribution is 8.01. The van der Waals surface area contributed by atoms with Gasteiger partial charge >= 0.3 is 11.9 Å². The first-order valence-electron chi connectivity index (χ1n) is 8.80. The Bertz CT molecular complexity index is 961. The monoisotopic (exact) mass is 456 g/mol. The number of carbonyl (C=O) groups is 4. The molecule has 15 heteroatoms. The summed E-state index contributed by atoms with van der Waals surface area (Å²) in [5, 5.41) is 23.5. The van der Waals surface area contributed by atoms with Crippen LogP contribution in [0.4, 0.5) is 5.13 Å². The lowest BCUT2D eigenvalue weighted by Crippen LogP contribution is -2.68. The second-order valence-corrected chi connectivity index (χ2v) is 9.04. The van der Waals surface area contributed by atoms with Crippen molar-refractivity contribution < 1.29 is 34.2 Å². The average molecular weight is 456 g/mol. The van der Waals surface area contributed by atoms with Gasteiger partial charge in [0.05, 0.1) is 0 Å². The van der Waals surface area contributed by atoms with E-state index in [1.54, 1.807) is 0 Å². The number of oxime groups is 1. The van der Waals surface area contributed by atoms with Gasteiger partial charge in [0.15, 0.2) is 5.13 Å². The normalized spacial score (nSPS) is 26.9. The van der Waals surface area contributed by atoms with E-state index in [0.29, 0.717) is 6.42 Å². The van der Waals surface area contributed by atoms with Gasteiger partial charge in [-0.15, -0.1) is 11.8 Å². The number of aromatic nitrogens is 2. The van der Waals surface area contributed by atoms with Crippen molar-refractivity contribution in [1.29, 1.82) is 0 Å². The highest BCUT2D eigenvalue weighted by atomic mass is 32.2. The Kier molecular flexibility index (Phi) is 5.01. The number of rotatable bonds is 7. The number of thioether (sulfide) groups is 1. The zero-order chi connectivity index (χ0) is 21.6. The van der Waals surface area contributed by atoms with Gasteiger partial charge in [-0.2, -0.15) is 9.36 Å². The summed E-state index contributed by atoms with van der Waals surface area (Å²) in [6.45, 7) is 0.0607. The smallest absolute Gasteiger partial charge is 0.350 e. The van der Waals surface area contributed by atoms with E-state index in [1.165, 1.54) is 4.90 Å². The number of nitrogens with one attached hydrogen (secondary N) is 1. The molecule has 0 bridgehead atoms. The highest BCUT2D eigenvalue weighted by Gasteiger charge is 2.56. The molecule has 0 radical (unpaired) electrons. The number of hydrogen-bond acceptors (Lipinski definition) is 11. The number of nitrogen functional groups attached to an aromatic ring is 1. The number of carboxylic acids is 2. The lowest BCUT2D eigenvalue weighted by atomic mass is 9.80. The molecule has 3 heterocycles. The molecule has 3 fully saturated rings. The summed E-state index contributed by atoms with van der Waals surface area (Å²) < 4.78 is 3.91. The van der Waals surface area contributed by atoms with Gasteiger partial charge in [0, 0.05) is 30.9 Å². The third-order valence-electron chi connectivity index (χ3n) is 5.10. The van der Waals surface area contributed by atoms with Crippen molar-refractivity contribution in [3.63, 3.8) is 0 Å². The molecule has 160 valence electrons. The second-order valence-electron chi connectivity index (χ2n) is 6.94. The van der Waals surface area contributed by atoms with Gasteiger partial charge < -0.3 is 31.0 Å². The van der Waals surface area contributed by atoms with Crippen LogP contribution in [-0.2, 0) is 24.0 Å². The number of nitrogens with zero attached hydrogens (tertiary/aromatic N) is 4. The van der Waals surface area contributed by atoms with Crippen molar-refractivity contribution in [3.05, 3.63) is 5.82 Å². The van der Waals surface area contributed by atoms with Crippen LogP contribution in [0.2, 0.25) is 0 Å². The number of hydrogen-bond donors (Lipinski definition) is 4. The van der Waals surface area contributed by atoms with Crippen LogP contribution in [-0.4, -0.2) is 82.7 Å². The van der Waals surface area contributed by atoms with E-state index in [-0.39, 0.29) is 30.3 Å². The number of amides is 2. The maximum atomic E-state index is 12.8. The fourth-order valence-corrected chi connectivity index (χ4v) is 5.04. The topological polar surface area (TPSA) is 197 Å². The quantitative estimate of drug-likeness (QED) is 0.216. The molecule has 1 aromatic rings. The van der Waals surface area contributed by atoms with Gasteiger partial charge in [0.25, 0.3) is 5.91 Å². The molecule has 1 unspecified atom stereocenters. The molecule has 1 aliphatic carbocycles. The summed E-state index contributed by atoms with van der Waals surface area (Å²) in [5.74, 6) is -3.68. The molecular weight excluding hydrogens is 440 g/mol. The first-order valence-corrected chi connectivity index (χ1v) is 10.5. The third kappa shape index (κ3) is 3.32. The number of aliphatic carboxylic acids is 2. The Hall–Kier alpha value is -2.94. The maximum absolute atomic E-state index is 12.8. The SMILES string of the molecule is Nc1nc(/C(=N/OC2(C(=O)O)CCC2)C(=O)N[C@@H]2C(=O)N3C[C@H](C(=O)O)SC23)ns1. The maximum Gasteiger partial charge on any atom is 0.350 e. The van der Waals surface area contributed by atoms with Crippen LogP contribution < -0.4 is 11.1 Å². The third-order valence-corrected chi connectivity index (χ3v) is 7.13. The van der Waals surface area contributed by atoms with Crippen molar-refractivity contribution in [1.82, 2.24) is 19.6 Å². The minimum absolute atomic E-state index is 0.0589. The van der Waals surface area contributed by atoms with Crippen molar-refractivity contribution in [3.8, 4) is 0 Å². The molecule has 0 spiro atoms. The van der Waals surface area contributed by atoms with Crippen LogP contribution in [0.1, 0.15) is 25.1 Å². The first-order chi connectivity index (χ1) is 14.2. The van der Waals surface area contributed by atoms with Crippen molar-refractivity contribution in [2.75, 3.05) is 12.3 Å². The fourth-order valence-electron chi connectivity index (χ4n) is 3.23. The van der Waals surface area contributed by atoms with Crippen LogP contribution in [0.25, 0.3) is 0 Å². The van der Waals surface area contributed by atoms with Gasteiger partial charge in [-0.05, 0) is 6.42 Å². The standard InChI is InChI=1S/C15H16N6O7S2/c16-14-18-8(20-30-14)6(19-28-15(13(26)27)2-1-3-15)9(22)17-7-10(23)21-4-5(12(24)25)29-11(7)21/h5,7,11H,1-4H2,(H,17,22)(H,24,25)(H,26,27)(H2,16,18,20)/b19-6-/t5-,7-,11?/m1/s1. The number of β-lactam (4-membered cyclic amide) rings is 1. The van der Waals surface area contributed by atoms with Gasteiger partial charge in [0.1, 0.15) is 16.7 Å². The summed E-state index contributed by atoms with van der Waals surface area (Å²) in [4.78, 5) is 58.2. The minimum Gasteiger partial charge on any atom is -0.480 e. The van der Waals surface area contributed by atoms with E-state index in [0.717, 1.165) is 23.3 Å². The highest BCUT2D eigenvalue weighted by Crippen LogP contribution is 2.40. The minimum atomic E-state index is -1.52. The first kappa shape index (κ1) is 20.3. The van der Waals surface area contributed by atoms with Gasteiger partial charge in [0.2, 0.25) is 23.0 Å². The molecule has 5 N–H and O–H groups in total. The van der Waals surface area contributed by atoms with Gasteiger partial charge in [-0.3, -0.25) is 14.4 Å². The van der Waals surface area contributed by atoms with E-state index < -0.39 is 51.7 Å². The van der Waals surface area contributed by atoms with Crippen LogP contribution >= 0.6 is 23.3 Å². The molecule has 13 nitrogen and oxygen atoms in total. The number of carboxylic acid groups (broad SMARTS) is 2. The number of fused-ring (bicyclic) bond motifs is 1. The van der Waals surface area contributed by atoms with Gasteiger partial charge in [-0.1, -0.05) is 5.16 Å². The zero-order valence-corrected chi connectivity index (χ0v) is 16.8. The number of carbonyl (C=O) groups excluding carboxylic acids is 2. The predicted octanol–water partition coefficient (Wildman–Crippen LogP) is -1.30. The summed E-state index contributed by atoms with van der Waals surface area (Å²) >= 11 is 1.87. The Balaban J connectivity index is 1.52. The Morgan fingerprint density at radius 1 is 1.33 bits per heavy atom. The van der Waals surface area contributed by atoms with E-state index in [9.17, 15) is 24.3 Å². The van der Waals surface area contributed by atoms with Gasteiger partial charge in [-0.25, -0.2) is 4.79 Å². The van der Waals surface area contributed by atoms with E-state index in [4.69, 9.17) is 15.7 Å². The number of anilines is 1. The Morgan fingerprint density at radius 2 is 2.07 bits per heavy atom. The van der Waals surface area contributed by atoms with Crippen LogP contribution in [0.5, 0.6) is 0 Å². The van der Waals surface area contributed by atoms with Crippen molar-refractivity contribution >= 4 is 57.9 Å². The molecule has 2 amide bonds. The molecule has 2 aliphatic heterocycles. The fraction of sp³-hybridized carbons (Fsp3) is 0.533. The Morgan fingerprint density at radius 3 is 2.60 bits per heavy atom. The lowest BCUT2D eigenvalue weighted by Gasteiger charge is -2.41. The molecule has 4 rings (SSSR count). The second kappa shape index (κ2) is 7.39. The molecule has 3 aliphatic rings. The van der Waals surface area contributed by atoms with Crippen molar-refractivity contribution in [2.45, 2.75) is 41.5 Å². The van der Waals surface area contributed by atoms with Crippen LogP contribution in [0.15, 0.2) is 5.16 Å². The number of nitrogens with two attached hydrogens (primary N) is 1. The molecule has 3 atom stereocenters. The van der Waals surface area contributed by atoms with E-state index in [1.807, 2.05) is 0 Å². The summed E-state index contributed by atoms with van der Waals surface area (Å²) in [5.41, 5.74) is 3.62. The molecule has 30 heavy (non-hydrogen) atoms. The van der Waals surface area contributed by atoms with E-state index in [2.05, 4.69) is 19.8 Å². The van der Waals surface area contributed by atoms with Crippen molar-refractivity contribution in [2.24, 2.45) is 5.16 Å². The average Bonchev–Trinajstić information content (AvgIpc) is 3.25. The lowest BCUT2D eigenvalue weighted by molar-refractivity contribution is -0.178. The molecule has 1 saturated carbocycles. The zero-order valence-electron chi connectivity index (χ0n) is 15.2. The molecule has 1 aromatic heterocycles. The molecular formula is C15H16N6O7S2. The summed E-state index contributed by atoms with van der Waals surface area (Å²) in [6.07, 6.45) is 1.11. The largest absolute Gasteiger partial charge is 0.480 e.